The number of rotatable bonds is 5. The van der Waals surface area contributed by atoms with Crippen LogP contribution in [-0.2, 0) is 19.6 Å². The Kier molecular flexibility index (Phi) is 4.53. The largest absolute Gasteiger partial charge is 0.477 e. The molecular formula is C10H13NO6S2. The summed E-state index contributed by atoms with van der Waals surface area (Å²) >= 11 is 0.789. The molecule has 0 aliphatic carbocycles. The molecule has 0 fully saturated rings. The highest BCUT2D eigenvalue weighted by atomic mass is 32.2. The minimum absolute atomic E-state index is 0.0448. The Hall–Kier alpha value is -1.61. The molecular weight excluding hydrogens is 294 g/mol. The number of carboxylic acids is 1. The summed E-state index contributed by atoms with van der Waals surface area (Å²) in [5.74, 6) is -2.02. The van der Waals surface area contributed by atoms with E-state index < -0.39 is 27.2 Å². The van der Waals surface area contributed by atoms with Gasteiger partial charge in [-0.05, 0) is 25.5 Å². The molecule has 1 aromatic rings. The zero-order valence-electron chi connectivity index (χ0n) is 10.5. The Morgan fingerprint density at radius 1 is 1.47 bits per heavy atom. The number of hydrogen-bond donors (Lipinski definition) is 2. The van der Waals surface area contributed by atoms with Gasteiger partial charge in [0.2, 0.25) is 10.0 Å². The van der Waals surface area contributed by atoms with Crippen molar-refractivity contribution in [1.82, 2.24) is 0 Å². The molecule has 106 valence electrons. The van der Waals surface area contributed by atoms with Gasteiger partial charge in [0.05, 0.1) is 7.11 Å². The van der Waals surface area contributed by atoms with Crippen LogP contribution >= 0.6 is 11.3 Å². The minimum Gasteiger partial charge on any atom is -0.477 e. The molecule has 19 heavy (non-hydrogen) atoms. The lowest BCUT2D eigenvalue weighted by Gasteiger charge is -2.11. The average Bonchev–Trinajstić information content (AvgIpc) is 2.67. The minimum atomic E-state index is -3.96. The van der Waals surface area contributed by atoms with Crippen molar-refractivity contribution in [2.45, 2.75) is 19.1 Å². The predicted octanol–water partition coefficient (Wildman–Crippen LogP) is 1.06. The number of aryl methyl sites for hydroxylation is 1. The van der Waals surface area contributed by atoms with E-state index in [4.69, 9.17) is 5.11 Å². The molecule has 0 spiro atoms. The van der Waals surface area contributed by atoms with Gasteiger partial charge in [0.15, 0.2) is 5.25 Å². The number of aromatic carboxylic acids is 1. The first kappa shape index (κ1) is 15.4. The maximum Gasteiger partial charge on any atom is 0.346 e. The summed E-state index contributed by atoms with van der Waals surface area (Å²) in [7, 11) is -2.87. The molecule has 0 saturated carbocycles. The van der Waals surface area contributed by atoms with Crippen molar-refractivity contribution >= 4 is 38.3 Å². The molecule has 0 amide bonds. The summed E-state index contributed by atoms with van der Waals surface area (Å²) in [6.07, 6.45) is 0. The summed E-state index contributed by atoms with van der Waals surface area (Å²) in [5.41, 5.74) is 0.445. The van der Waals surface area contributed by atoms with E-state index in [1.165, 1.54) is 13.0 Å². The summed E-state index contributed by atoms with van der Waals surface area (Å²) in [6.45, 7) is 2.74. The first-order chi connectivity index (χ1) is 8.69. The van der Waals surface area contributed by atoms with Crippen LogP contribution in [0.3, 0.4) is 0 Å². The van der Waals surface area contributed by atoms with E-state index in [9.17, 15) is 18.0 Å². The van der Waals surface area contributed by atoms with Crippen LogP contribution in [0.2, 0.25) is 0 Å². The molecule has 1 aromatic heterocycles. The third kappa shape index (κ3) is 3.44. The highest BCUT2D eigenvalue weighted by Crippen LogP contribution is 2.28. The van der Waals surface area contributed by atoms with Crippen molar-refractivity contribution < 1.29 is 27.9 Å². The molecule has 1 rings (SSSR count). The molecule has 0 aromatic carbocycles. The quantitative estimate of drug-likeness (QED) is 0.787. The Morgan fingerprint density at radius 3 is 2.47 bits per heavy atom. The van der Waals surface area contributed by atoms with Crippen LogP contribution in [0.5, 0.6) is 0 Å². The van der Waals surface area contributed by atoms with Crippen LogP contribution < -0.4 is 4.72 Å². The fourth-order valence-corrected chi connectivity index (χ4v) is 3.41. The van der Waals surface area contributed by atoms with E-state index in [1.54, 1.807) is 6.92 Å². The van der Waals surface area contributed by atoms with Crippen LogP contribution in [-0.4, -0.2) is 37.8 Å². The number of carbonyl (C=O) groups excluding carboxylic acids is 1. The summed E-state index contributed by atoms with van der Waals surface area (Å²) < 4.78 is 30.2. The smallest absolute Gasteiger partial charge is 0.346 e. The number of carbonyl (C=O) groups is 2. The van der Waals surface area contributed by atoms with E-state index in [0.29, 0.717) is 5.56 Å². The van der Waals surface area contributed by atoms with Crippen LogP contribution in [0, 0.1) is 6.92 Å². The number of anilines is 1. The molecule has 0 saturated heterocycles. The van der Waals surface area contributed by atoms with Crippen molar-refractivity contribution in [3.8, 4) is 0 Å². The van der Waals surface area contributed by atoms with Crippen molar-refractivity contribution in [1.29, 1.82) is 0 Å². The zero-order valence-corrected chi connectivity index (χ0v) is 12.1. The maximum atomic E-state index is 11.8. The van der Waals surface area contributed by atoms with Crippen molar-refractivity contribution in [2.24, 2.45) is 0 Å². The first-order valence-corrected chi connectivity index (χ1v) is 7.48. The van der Waals surface area contributed by atoms with Crippen LogP contribution in [0.25, 0.3) is 0 Å². The number of hydrogen-bond acceptors (Lipinski definition) is 6. The van der Waals surface area contributed by atoms with Gasteiger partial charge in [-0.1, -0.05) is 0 Å². The lowest BCUT2D eigenvalue weighted by atomic mass is 10.3. The van der Waals surface area contributed by atoms with E-state index >= 15 is 0 Å². The standard InChI is InChI=1S/C10H13NO6S2/c1-5-4-7(18-8(5)9(12)13)11-19(15,16)6(2)10(14)17-3/h4,6,11H,1-3H3,(H,12,13). The van der Waals surface area contributed by atoms with Crippen molar-refractivity contribution in [3.05, 3.63) is 16.5 Å². The summed E-state index contributed by atoms with van der Waals surface area (Å²) in [4.78, 5) is 22.1. The molecule has 0 aliphatic rings. The number of esters is 1. The molecule has 1 atom stereocenters. The number of nitrogens with one attached hydrogen (secondary N) is 1. The van der Waals surface area contributed by atoms with Gasteiger partial charge in [-0.25, -0.2) is 13.2 Å². The normalized spacial score (nSPS) is 12.8. The Labute approximate surface area is 114 Å². The third-order valence-corrected chi connectivity index (χ3v) is 5.25. The van der Waals surface area contributed by atoms with Gasteiger partial charge in [-0.2, -0.15) is 0 Å². The number of methoxy groups -OCH3 is 1. The average molecular weight is 307 g/mol. The fourth-order valence-electron chi connectivity index (χ4n) is 1.27. The van der Waals surface area contributed by atoms with E-state index in [-0.39, 0.29) is 9.88 Å². The van der Waals surface area contributed by atoms with Gasteiger partial charge >= 0.3 is 11.9 Å². The first-order valence-electron chi connectivity index (χ1n) is 5.12. The summed E-state index contributed by atoms with van der Waals surface area (Å²) in [6, 6.07) is 1.40. The number of carboxylic acid groups (broad SMARTS) is 1. The van der Waals surface area contributed by atoms with Gasteiger partial charge in [0, 0.05) is 0 Å². The molecule has 0 radical (unpaired) electrons. The third-order valence-electron chi connectivity index (χ3n) is 2.35. The highest BCUT2D eigenvalue weighted by molar-refractivity contribution is 7.94. The molecule has 9 heteroatoms. The van der Waals surface area contributed by atoms with Gasteiger partial charge in [-0.15, -0.1) is 11.3 Å². The van der Waals surface area contributed by atoms with Crippen LogP contribution in [0.1, 0.15) is 22.2 Å². The topological polar surface area (TPSA) is 110 Å². The van der Waals surface area contributed by atoms with E-state index in [2.05, 4.69) is 9.46 Å². The number of sulfonamides is 1. The molecule has 1 heterocycles. The summed E-state index contributed by atoms with van der Waals surface area (Å²) in [5, 5.41) is 7.63. The van der Waals surface area contributed by atoms with Gasteiger partial charge in [-0.3, -0.25) is 9.52 Å². The Morgan fingerprint density at radius 2 is 2.05 bits per heavy atom. The SMILES string of the molecule is COC(=O)C(C)S(=O)(=O)Nc1cc(C)c(C(=O)O)s1. The van der Waals surface area contributed by atoms with Gasteiger partial charge in [0.1, 0.15) is 9.88 Å². The van der Waals surface area contributed by atoms with Crippen molar-refractivity contribution in [2.75, 3.05) is 11.8 Å². The Balaban J connectivity index is 2.99. The highest BCUT2D eigenvalue weighted by Gasteiger charge is 2.29. The monoisotopic (exact) mass is 307 g/mol. The lowest BCUT2D eigenvalue weighted by molar-refractivity contribution is -0.139. The van der Waals surface area contributed by atoms with E-state index in [0.717, 1.165) is 18.4 Å². The molecule has 7 nitrogen and oxygen atoms in total. The van der Waals surface area contributed by atoms with Gasteiger partial charge in [0.25, 0.3) is 0 Å². The van der Waals surface area contributed by atoms with Gasteiger partial charge < -0.3 is 9.84 Å². The second kappa shape index (κ2) is 5.57. The molecule has 1 unspecified atom stereocenters. The maximum absolute atomic E-state index is 11.8. The Bertz CT molecular complexity index is 604. The number of thiophene rings is 1. The molecule has 0 aliphatic heterocycles. The fraction of sp³-hybridized carbons (Fsp3) is 0.400. The second-order valence-electron chi connectivity index (χ2n) is 3.74. The van der Waals surface area contributed by atoms with Crippen LogP contribution in [0.15, 0.2) is 6.07 Å². The van der Waals surface area contributed by atoms with Crippen LogP contribution in [0.4, 0.5) is 5.00 Å². The van der Waals surface area contributed by atoms with E-state index in [1.807, 2.05) is 0 Å². The predicted molar refractivity (Wildman–Crippen MR) is 70.0 cm³/mol. The molecule has 2 N–H and O–H groups in total. The van der Waals surface area contributed by atoms with Crippen molar-refractivity contribution in [3.63, 3.8) is 0 Å². The number of ether oxygens (including phenoxy) is 1. The second-order valence-corrected chi connectivity index (χ2v) is 6.79. The zero-order chi connectivity index (χ0) is 14.8. The molecule has 0 bridgehead atoms. The lowest BCUT2D eigenvalue weighted by Crippen LogP contribution is -2.32.